The quantitative estimate of drug-likeness (QED) is 0.830. The maximum atomic E-state index is 12.2. The first-order valence-corrected chi connectivity index (χ1v) is 7.47. The molecule has 1 amide bonds. The molecule has 1 aliphatic rings. The minimum atomic E-state index is 0.0416. The van der Waals surface area contributed by atoms with Gasteiger partial charge in [-0.25, -0.2) is 0 Å². The second kappa shape index (κ2) is 7.89. The molecule has 1 unspecified atom stereocenters. The number of methoxy groups -OCH3 is 3. The van der Waals surface area contributed by atoms with E-state index in [1.54, 1.807) is 21.3 Å². The van der Waals surface area contributed by atoms with Crippen molar-refractivity contribution in [1.82, 2.24) is 10.6 Å². The van der Waals surface area contributed by atoms with Crippen LogP contribution in [0.4, 0.5) is 0 Å². The molecule has 1 aromatic carbocycles. The van der Waals surface area contributed by atoms with Gasteiger partial charge in [0, 0.05) is 18.7 Å². The zero-order valence-electron chi connectivity index (χ0n) is 13.4. The van der Waals surface area contributed by atoms with E-state index >= 15 is 0 Å². The fourth-order valence-corrected chi connectivity index (χ4v) is 2.70. The number of hydrogen-bond acceptors (Lipinski definition) is 5. The van der Waals surface area contributed by atoms with Crippen LogP contribution in [0.5, 0.6) is 17.2 Å². The summed E-state index contributed by atoms with van der Waals surface area (Å²) >= 11 is 0. The molecule has 0 bridgehead atoms. The van der Waals surface area contributed by atoms with Crippen LogP contribution in [-0.4, -0.2) is 40.3 Å². The highest BCUT2D eigenvalue weighted by Gasteiger charge is 2.21. The lowest BCUT2D eigenvalue weighted by Crippen LogP contribution is -2.40. The molecule has 22 heavy (non-hydrogen) atoms. The second-order valence-electron chi connectivity index (χ2n) is 5.25. The van der Waals surface area contributed by atoms with Gasteiger partial charge in [0.1, 0.15) is 0 Å². The molecule has 2 N–H and O–H groups in total. The van der Waals surface area contributed by atoms with Crippen molar-refractivity contribution in [2.75, 3.05) is 34.4 Å². The van der Waals surface area contributed by atoms with Gasteiger partial charge in [-0.1, -0.05) is 0 Å². The third kappa shape index (κ3) is 3.62. The van der Waals surface area contributed by atoms with Gasteiger partial charge in [0.2, 0.25) is 11.7 Å². The van der Waals surface area contributed by atoms with E-state index in [1.807, 2.05) is 12.1 Å². The summed E-state index contributed by atoms with van der Waals surface area (Å²) in [7, 11) is 4.72. The third-order valence-corrected chi connectivity index (χ3v) is 3.91. The smallest absolute Gasteiger partial charge is 0.224 e. The summed E-state index contributed by atoms with van der Waals surface area (Å²) in [5, 5.41) is 6.22. The highest BCUT2D eigenvalue weighted by atomic mass is 16.5. The van der Waals surface area contributed by atoms with Gasteiger partial charge in [-0.3, -0.25) is 4.79 Å². The second-order valence-corrected chi connectivity index (χ2v) is 5.25. The third-order valence-electron chi connectivity index (χ3n) is 3.91. The first-order valence-electron chi connectivity index (χ1n) is 7.47. The summed E-state index contributed by atoms with van der Waals surface area (Å²) in [5.74, 6) is 1.84. The van der Waals surface area contributed by atoms with Crippen LogP contribution in [0.25, 0.3) is 0 Å². The molecule has 1 heterocycles. The number of ether oxygens (including phenoxy) is 3. The lowest BCUT2D eigenvalue weighted by molar-refractivity contribution is -0.125. The van der Waals surface area contributed by atoms with Crippen LogP contribution >= 0.6 is 0 Å². The number of hydrogen-bond donors (Lipinski definition) is 2. The molecule has 0 aliphatic carbocycles. The molecular formula is C16H24N2O4. The van der Waals surface area contributed by atoms with E-state index in [9.17, 15) is 4.79 Å². The molecule has 0 aromatic heterocycles. The number of nitrogens with one attached hydrogen (secondary N) is 2. The summed E-state index contributed by atoms with van der Waals surface area (Å²) < 4.78 is 16.0. The Balaban J connectivity index is 2.07. The molecule has 1 atom stereocenters. The molecule has 6 nitrogen and oxygen atoms in total. The van der Waals surface area contributed by atoms with Gasteiger partial charge in [-0.2, -0.15) is 0 Å². The van der Waals surface area contributed by atoms with Crippen molar-refractivity contribution in [2.45, 2.75) is 19.4 Å². The summed E-state index contributed by atoms with van der Waals surface area (Å²) in [4.78, 5) is 12.2. The monoisotopic (exact) mass is 308 g/mol. The van der Waals surface area contributed by atoms with Crippen molar-refractivity contribution in [2.24, 2.45) is 5.92 Å². The van der Waals surface area contributed by atoms with Gasteiger partial charge in [0.25, 0.3) is 0 Å². The maximum absolute atomic E-state index is 12.2. The largest absolute Gasteiger partial charge is 0.493 e. The predicted molar refractivity (Wildman–Crippen MR) is 83.5 cm³/mol. The van der Waals surface area contributed by atoms with Crippen molar-refractivity contribution in [3.63, 3.8) is 0 Å². The van der Waals surface area contributed by atoms with Crippen LogP contribution in [0.3, 0.4) is 0 Å². The lowest BCUT2D eigenvalue weighted by atomic mass is 9.99. The fourth-order valence-electron chi connectivity index (χ4n) is 2.70. The number of piperidine rings is 1. The molecule has 122 valence electrons. The first-order chi connectivity index (χ1) is 10.7. The Kier molecular flexibility index (Phi) is 5.89. The molecule has 0 spiro atoms. The van der Waals surface area contributed by atoms with E-state index in [0.717, 1.165) is 31.5 Å². The summed E-state index contributed by atoms with van der Waals surface area (Å²) in [5.41, 5.74) is 0.859. The number of rotatable bonds is 6. The van der Waals surface area contributed by atoms with Crippen molar-refractivity contribution in [1.29, 1.82) is 0 Å². The van der Waals surface area contributed by atoms with Crippen LogP contribution in [0.1, 0.15) is 18.4 Å². The zero-order chi connectivity index (χ0) is 15.9. The Hall–Kier alpha value is -1.95. The Morgan fingerprint density at radius 2 is 2.00 bits per heavy atom. The Bertz CT molecular complexity index is 513. The van der Waals surface area contributed by atoms with Gasteiger partial charge < -0.3 is 24.8 Å². The van der Waals surface area contributed by atoms with Crippen molar-refractivity contribution < 1.29 is 19.0 Å². The molecule has 0 saturated carbocycles. The number of carbonyl (C=O) groups is 1. The zero-order valence-corrected chi connectivity index (χ0v) is 13.4. The van der Waals surface area contributed by atoms with Crippen LogP contribution < -0.4 is 24.8 Å². The van der Waals surface area contributed by atoms with Gasteiger partial charge in [-0.05, 0) is 31.5 Å². The molecule has 1 aromatic rings. The van der Waals surface area contributed by atoms with Gasteiger partial charge in [0.05, 0.1) is 27.2 Å². The summed E-state index contributed by atoms with van der Waals surface area (Å²) in [6, 6.07) is 3.69. The fraction of sp³-hybridized carbons (Fsp3) is 0.562. The van der Waals surface area contributed by atoms with Crippen LogP contribution in [-0.2, 0) is 11.3 Å². The summed E-state index contributed by atoms with van der Waals surface area (Å²) in [6.07, 6.45) is 1.97. The first kappa shape index (κ1) is 16.4. The standard InChI is InChI=1S/C16H24N2O4/c1-20-13-7-6-11(14(21-2)15(13)22-3)10-18-16(19)12-5-4-8-17-9-12/h6-7,12,17H,4-5,8-10H2,1-3H3,(H,18,19). The highest BCUT2D eigenvalue weighted by Crippen LogP contribution is 2.39. The molecule has 1 saturated heterocycles. The minimum Gasteiger partial charge on any atom is -0.493 e. The number of carbonyl (C=O) groups excluding carboxylic acids is 1. The van der Waals surface area contributed by atoms with Crippen molar-refractivity contribution in [3.05, 3.63) is 17.7 Å². The lowest BCUT2D eigenvalue weighted by Gasteiger charge is -2.22. The number of amides is 1. The minimum absolute atomic E-state index is 0.0416. The average Bonchev–Trinajstić information content (AvgIpc) is 2.59. The molecule has 0 radical (unpaired) electrons. The Labute approximate surface area is 131 Å². The topological polar surface area (TPSA) is 68.8 Å². The molecule has 2 rings (SSSR count). The normalized spacial score (nSPS) is 17.7. The van der Waals surface area contributed by atoms with E-state index in [1.165, 1.54) is 0 Å². The Morgan fingerprint density at radius 1 is 1.23 bits per heavy atom. The molecule has 6 heteroatoms. The molecule has 1 fully saturated rings. The average molecular weight is 308 g/mol. The van der Waals surface area contributed by atoms with Gasteiger partial charge in [0.15, 0.2) is 11.5 Å². The predicted octanol–water partition coefficient (Wildman–Crippen LogP) is 1.33. The maximum Gasteiger partial charge on any atom is 0.224 e. The highest BCUT2D eigenvalue weighted by molar-refractivity contribution is 5.79. The van der Waals surface area contributed by atoms with Crippen molar-refractivity contribution in [3.8, 4) is 17.2 Å². The van der Waals surface area contributed by atoms with E-state index in [-0.39, 0.29) is 11.8 Å². The Morgan fingerprint density at radius 3 is 2.59 bits per heavy atom. The van der Waals surface area contributed by atoms with E-state index in [4.69, 9.17) is 14.2 Å². The number of benzene rings is 1. The van der Waals surface area contributed by atoms with Gasteiger partial charge in [-0.15, -0.1) is 0 Å². The van der Waals surface area contributed by atoms with E-state index in [2.05, 4.69) is 10.6 Å². The van der Waals surface area contributed by atoms with E-state index in [0.29, 0.717) is 23.8 Å². The van der Waals surface area contributed by atoms with Crippen LogP contribution in [0.2, 0.25) is 0 Å². The molecular weight excluding hydrogens is 284 g/mol. The van der Waals surface area contributed by atoms with Crippen LogP contribution in [0, 0.1) is 5.92 Å². The summed E-state index contributed by atoms with van der Waals surface area (Å²) in [6.45, 7) is 2.14. The molecule has 1 aliphatic heterocycles. The SMILES string of the molecule is COc1ccc(CNC(=O)C2CCCNC2)c(OC)c1OC. The van der Waals surface area contributed by atoms with E-state index < -0.39 is 0 Å². The van der Waals surface area contributed by atoms with Crippen LogP contribution in [0.15, 0.2) is 12.1 Å². The van der Waals surface area contributed by atoms with Crippen molar-refractivity contribution >= 4 is 5.91 Å². The van der Waals surface area contributed by atoms with Gasteiger partial charge >= 0.3 is 0 Å².